The molecule has 19 heavy (non-hydrogen) atoms. The van der Waals surface area contributed by atoms with Crippen LogP contribution >= 0.6 is 0 Å². The molecule has 2 aromatic rings. The summed E-state index contributed by atoms with van der Waals surface area (Å²) in [5.74, 6) is 0. The van der Waals surface area contributed by atoms with Gasteiger partial charge in [-0.05, 0) is 17.7 Å². The van der Waals surface area contributed by atoms with E-state index in [1.165, 1.54) is 12.5 Å². The number of imidazole rings is 1. The van der Waals surface area contributed by atoms with Gasteiger partial charge in [-0.3, -0.25) is 0 Å². The summed E-state index contributed by atoms with van der Waals surface area (Å²) in [6, 6.07) is 7.68. The third-order valence-corrected chi connectivity index (χ3v) is 4.01. The fourth-order valence-electron chi connectivity index (χ4n) is 1.56. The minimum absolute atomic E-state index is 0.0670. The second-order valence-corrected chi connectivity index (χ2v) is 6.04. The monoisotopic (exact) mass is 280 g/mol. The summed E-state index contributed by atoms with van der Waals surface area (Å²) in [6.07, 6.45) is 2.61. The number of benzene rings is 1. The van der Waals surface area contributed by atoms with Crippen molar-refractivity contribution in [1.29, 1.82) is 0 Å². The standard InChI is InChI=1S/C12H16N4O2S/c1-16(2)11-5-3-10(4-6-11)7-15-19(17,18)12-8-13-9-14-12/h3-6,8-9,15H,7H2,1-2H3,(H,13,14). The first kappa shape index (κ1) is 13.6. The van der Waals surface area contributed by atoms with Crippen molar-refractivity contribution >= 4 is 15.7 Å². The van der Waals surface area contributed by atoms with Gasteiger partial charge in [0, 0.05) is 26.3 Å². The Labute approximate surface area is 112 Å². The molecule has 0 unspecified atom stereocenters. The Balaban J connectivity index is 2.03. The van der Waals surface area contributed by atoms with E-state index in [0.717, 1.165) is 11.3 Å². The number of aromatic amines is 1. The smallest absolute Gasteiger partial charge is 0.257 e. The van der Waals surface area contributed by atoms with E-state index >= 15 is 0 Å². The largest absolute Gasteiger partial charge is 0.378 e. The molecule has 0 aliphatic carbocycles. The highest BCUT2D eigenvalue weighted by molar-refractivity contribution is 7.89. The molecule has 0 aliphatic rings. The van der Waals surface area contributed by atoms with Gasteiger partial charge in [-0.15, -0.1) is 0 Å². The van der Waals surface area contributed by atoms with Crippen LogP contribution in [0.25, 0.3) is 0 Å². The van der Waals surface area contributed by atoms with Gasteiger partial charge in [0.05, 0.1) is 12.5 Å². The Morgan fingerprint density at radius 2 is 1.95 bits per heavy atom. The number of sulfonamides is 1. The predicted octanol–water partition coefficient (Wildman–Crippen LogP) is 0.954. The zero-order valence-corrected chi connectivity index (χ0v) is 11.6. The van der Waals surface area contributed by atoms with Gasteiger partial charge in [0.25, 0.3) is 10.0 Å². The van der Waals surface area contributed by atoms with Gasteiger partial charge in [-0.1, -0.05) is 12.1 Å². The lowest BCUT2D eigenvalue weighted by molar-refractivity contribution is 0.578. The normalized spacial score (nSPS) is 11.5. The van der Waals surface area contributed by atoms with Crippen LogP contribution in [-0.2, 0) is 16.6 Å². The number of nitrogens with zero attached hydrogens (tertiary/aromatic N) is 2. The maximum atomic E-state index is 11.9. The fourth-order valence-corrected chi connectivity index (χ4v) is 2.48. The molecule has 0 radical (unpaired) electrons. The molecule has 0 amide bonds. The van der Waals surface area contributed by atoms with Crippen LogP contribution in [0.4, 0.5) is 5.69 Å². The van der Waals surface area contributed by atoms with E-state index in [4.69, 9.17) is 0 Å². The highest BCUT2D eigenvalue weighted by atomic mass is 32.2. The molecule has 6 nitrogen and oxygen atoms in total. The Morgan fingerprint density at radius 1 is 1.26 bits per heavy atom. The van der Waals surface area contributed by atoms with Gasteiger partial charge in [-0.25, -0.2) is 18.1 Å². The van der Waals surface area contributed by atoms with Crippen LogP contribution in [0.1, 0.15) is 5.56 Å². The van der Waals surface area contributed by atoms with E-state index in [9.17, 15) is 8.42 Å². The molecule has 0 saturated carbocycles. The van der Waals surface area contributed by atoms with Gasteiger partial charge >= 0.3 is 0 Å². The summed E-state index contributed by atoms with van der Waals surface area (Å²) in [7, 11) is 0.389. The summed E-state index contributed by atoms with van der Waals surface area (Å²) in [6.45, 7) is 0.245. The molecular weight excluding hydrogens is 264 g/mol. The van der Waals surface area contributed by atoms with Gasteiger partial charge in [-0.2, -0.15) is 0 Å². The molecule has 2 rings (SSSR count). The molecule has 0 atom stereocenters. The lowest BCUT2D eigenvalue weighted by Crippen LogP contribution is -2.23. The number of aromatic nitrogens is 2. The number of H-pyrrole nitrogens is 1. The van der Waals surface area contributed by atoms with E-state index in [1.54, 1.807) is 0 Å². The molecular formula is C12H16N4O2S. The van der Waals surface area contributed by atoms with Crippen molar-refractivity contribution in [3.63, 3.8) is 0 Å². The van der Waals surface area contributed by atoms with Crippen molar-refractivity contribution < 1.29 is 8.42 Å². The first-order valence-electron chi connectivity index (χ1n) is 5.73. The van der Waals surface area contributed by atoms with Crippen molar-refractivity contribution in [3.05, 3.63) is 42.4 Å². The topological polar surface area (TPSA) is 78.1 Å². The number of anilines is 1. The van der Waals surface area contributed by atoms with Gasteiger partial charge in [0.2, 0.25) is 0 Å². The van der Waals surface area contributed by atoms with Gasteiger partial charge in [0.1, 0.15) is 0 Å². The second-order valence-electron chi connectivity index (χ2n) is 4.30. The number of nitrogens with one attached hydrogen (secondary N) is 2. The van der Waals surface area contributed by atoms with Crippen molar-refractivity contribution in [1.82, 2.24) is 14.7 Å². The molecule has 102 valence electrons. The Morgan fingerprint density at radius 3 is 2.47 bits per heavy atom. The Kier molecular flexibility index (Phi) is 3.87. The quantitative estimate of drug-likeness (QED) is 0.855. The van der Waals surface area contributed by atoms with E-state index in [-0.39, 0.29) is 11.6 Å². The Bertz CT molecular complexity index is 618. The lowest BCUT2D eigenvalue weighted by Gasteiger charge is -2.12. The third-order valence-electron chi connectivity index (χ3n) is 2.68. The summed E-state index contributed by atoms with van der Waals surface area (Å²) in [4.78, 5) is 8.25. The Hall–Kier alpha value is -1.86. The summed E-state index contributed by atoms with van der Waals surface area (Å²) in [5, 5.41) is 0.0670. The number of hydrogen-bond acceptors (Lipinski definition) is 4. The molecule has 2 N–H and O–H groups in total. The minimum Gasteiger partial charge on any atom is -0.378 e. The van der Waals surface area contributed by atoms with Crippen LogP contribution in [0, 0.1) is 0 Å². The zero-order chi connectivity index (χ0) is 13.9. The maximum Gasteiger partial charge on any atom is 0.257 e. The van der Waals surface area contributed by atoms with Crippen LogP contribution in [0.5, 0.6) is 0 Å². The molecule has 7 heteroatoms. The summed E-state index contributed by atoms with van der Waals surface area (Å²) < 4.78 is 26.2. The summed E-state index contributed by atoms with van der Waals surface area (Å²) >= 11 is 0. The van der Waals surface area contributed by atoms with E-state index in [0.29, 0.717) is 0 Å². The molecule has 1 heterocycles. The molecule has 0 spiro atoms. The molecule has 0 saturated heterocycles. The van der Waals surface area contributed by atoms with E-state index < -0.39 is 10.0 Å². The van der Waals surface area contributed by atoms with Crippen LogP contribution in [-0.4, -0.2) is 32.5 Å². The molecule has 1 aromatic heterocycles. The van der Waals surface area contributed by atoms with E-state index in [1.807, 2.05) is 43.3 Å². The average Bonchev–Trinajstić information content (AvgIpc) is 2.91. The van der Waals surface area contributed by atoms with Crippen LogP contribution in [0.15, 0.2) is 41.8 Å². The van der Waals surface area contributed by atoms with E-state index in [2.05, 4.69) is 14.7 Å². The highest BCUT2D eigenvalue weighted by Crippen LogP contribution is 2.12. The van der Waals surface area contributed by atoms with Gasteiger partial charge < -0.3 is 9.88 Å². The first-order chi connectivity index (χ1) is 8.99. The zero-order valence-electron chi connectivity index (χ0n) is 10.8. The molecule has 0 bridgehead atoms. The lowest BCUT2D eigenvalue weighted by atomic mass is 10.2. The predicted molar refractivity (Wildman–Crippen MR) is 73.4 cm³/mol. The maximum absolute atomic E-state index is 11.9. The van der Waals surface area contributed by atoms with Crippen molar-refractivity contribution in [2.45, 2.75) is 11.6 Å². The van der Waals surface area contributed by atoms with Crippen molar-refractivity contribution in [3.8, 4) is 0 Å². The molecule has 0 fully saturated rings. The number of rotatable bonds is 5. The third kappa shape index (κ3) is 3.33. The average molecular weight is 280 g/mol. The van der Waals surface area contributed by atoms with Crippen LogP contribution < -0.4 is 9.62 Å². The molecule has 0 aliphatic heterocycles. The molecule has 1 aromatic carbocycles. The highest BCUT2D eigenvalue weighted by Gasteiger charge is 2.14. The SMILES string of the molecule is CN(C)c1ccc(CNS(=O)(=O)c2cnc[nH]2)cc1. The van der Waals surface area contributed by atoms with Crippen molar-refractivity contribution in [2.75, 3.05) is 19.0 Å². The van der Waals surface area contributed by atoms with Crippen LogP contribution in [0.2, 0.25) is 0 Å². The van der Waals surface area contributed by atoms with Crippen molar-refractivity contribution in [2.24, 2.45) is 0 Å². The minimum atomic E-state index is -3.52. The van der Waals surface area contributed by atoms with Crippen LogP contribution in [0.3, 0.4) is 0 Å². The van der Waals surface area contributed by atoms with Gasteiger partial charge in [0.15, 0.2) is 5.03 Å². The summed E-state index contributed by atoms with van der Waals surface area (Å²) in [5.41, 5.74) is 1.97. The second kappa shape index (κ2) is 5.41. The first-order valence-corrected chi connectivity index (χ1v) is 7.22. The fraction of sp³-hybridized carbons (Fsp3) is 0.250. The number of hydrogen-bond donors (Lipinski definition) is 2.